The van der Waals surface area contributed by atoms with Crippen LogP contribution in [0.4, 0.5) is 0 Å². The molecule has 0 amide bonds. The van der Waals surface area contributed by atoms with Crippen LogP contribution in [0.15, 0.2) is 48.7 Å². The van der Waals surface area contributed by atoms with E-state index in [2.05, 4.69) is 11.1 Å². The number of hydrogen-bond donors (Lipinski definition) is 1. The Morgan fingerprint density at radius 3 is 2.64 bits per heavy atom. The van der Waals surface area contributed by atoms with E-state index in [0.717, 1.165) is 17.3 Å². The molecule has 0 fully saturated rings. The van der Waals surface area contributed by atoms with Crippen LogP contribution in [0.3, 0.4) is 0 Å². The van der Waals surface area contributed by atoms with E-state index in [4.69, 9.17) is 14.2 Å². The van der Waals surface area contributed by atoms with Gasteiger partial charge in [0.1, 0.15) is 11.5 Å². The molecule has 0 atom stereocenters. The fourth-order valence-corrected chi connectivity index (χ4v) is 3.09. The summed E-state index contributed by atoms with van der Waals surface area (Å²) in [4.78, 5) is 27.5. The highest BCUT2D eigenvalue weighted by molar-refractivity contribution is 6.00. The third-order valence-electron chi connectivity index (χ3n) is 4.58. The van der Waals surface area contributed by atoms with Crippen LogP contribution < -0.4 is 9.47 Å². The average molecular weight is 381 g/mol. The second-order valence-corrected chi connectivity index (χ2v) is 6.36. The van der Waals surface area contributed by atoms with E-state index < -0.39 is 0 Å². The van der Waals surface area contributed by atoms with Gasteiger partial charge in [0.05, 0.1) is 19.8 Å². The third-order valence-corrected chi connectivity index (χ3v) is 4.58. The van der Waals surface area contributed by atoms with Gasteiger partial charge in [-0.15, -0.1) is 0 Å². The summed E-state index contributed by atoms with van der Waals surface area (Å²) in [6.07, 6.45) is 3.64. The topological polar surface area (TPSA) is 77.6 Å². The molecule has 3 aromatic rings. The van der Waals surface area contributed by atoms with Crippen molar-refractivity contribution in [2.45, 2.75) is 19.3 Å². The number of hydrogen-bond acceptors (Lipinski definition) is 5. The number of benzene rings is 2. The maximum Gasteiger partial charge on any atom is 0.306 e. The first-order valence-corrected chi connectivity index (χ1v) is 9.08. The number of H-pyrrole nitrogens is 1. The molecular weight excluding hydrogens is 358 g/mol. The molecule has 6 heteroatoms. The minimum Gasteiger partial charge on any atom is -0.497 e. The first-order valence-electron chi connectivity index (χ1n) is 9.08. The van der Waals surface area contributed by atoms with Crippen LogP contribution in [-0.2, 0) is 16.0 Å². The van der Waals surface area contributed by atoms with Crippen molar-refractivity contribution in [1.29, 1.82) is 0 Å². The Hall–Kier alpha value is -3.28. The van der Waals surface area contributed by atoms with Gasteiger partial charge in [0.25, 0.3) is 0 Å². The van der Waals surface area contributed by atoms with E-state index in [1.54, 1.807) is 18.2 Å². The summed E-state index contributed by atoms with van der Waals surface area (Å²) in [6, 6.07) is 12.9. The van der Waals surface area contributed by atoms with Crippen LogP contribution in [0.1, 0.15) is 28.8 Å². The second-order valence-electron chi connectivity index (χ2n) is 6.36. The van der Waals surface area contributed by atoms with Gasteiger partial charge in [-0.05, 0) is 36.6 Å². The van der Waals surface area contributed by atoms with Crippen molar-refractivity contribution in [3.63, 3.8) is 0 Å². The Kier molecular flexibility index (Phi) is 6.32. The number of Topliss-reactive ketones (excluding diaryl/α,β-unsaturated/α-hetero) is 1. The standard InChI is InChI=1S/C22H23NO5/c1-26-16-10-11-18(21(12-16)27-2)20(24)14-28-22(25)9-5-6-15-13-23-19-8-4-3-7-17(15)19/h3-4,7-8,10-13,23H,5-6,9,14H2,1-2H3. The lowest BCUT2D eigenvalue weighted by Crippen LogP contribution is -2.15. The molecule has 3 rings (SSSR count). The number of nitrogens with one attached hydrogen (secondary N) is 1. The predicted molar refractivity (Wildman–Crippen MR) is 106 cm³/mol. The monoisotopic (exact) mass is 381 g/mol. The van der Waals surface area contributed by atoms with Gasteiger partial charge in [-0.25, -0.2) is 0 Å². The normalized spacial score (nSPS) is 10.6. The Labute approximate surface area is 163 Å². The van der Waals surface area contributed by atoms with Crippen LogP contribution in [0.5, 0.6) is 11.5 Å². The SMILES string of the molecule is COc1ccc(C(=O)COC(=O)CCCc2c[nH]c3ccccc23)c(OC)c1. The molecule has 6 nitrogen and oxygen atoms in total. The number of esters is 1. The average Bonchev–Trinajstić information content (AvgIpc) is 3.14. The molecule has 1 aromatic heterocycles. The minimum atomic E-state index is -0.388. The molecule has 0 bridgehead atoms. The van der Waals surface area contributed by atoms with Gasteiger partial charge in [-0.3, -0.25) is 9.59 Å². The van der Waals surface area contributed by atoms with Crippen LogP contribution in [0.25, 0.3) is 10.9 Å². The van der Waals surface area contributed by atoms with Crippen molar-refractivity contribution in [3.05, 3.63) is 59.8 Å². The lowest BCUT2D eigenvalue weighted by Gasteiger charge is -2.10. The van der Waals surface area contributed by atoms with Gasteiger partial charge in [0.15, 0.2) is 6.61 Å². The van der Waals surface area contributed by atoms with E-state index >= 15 is 0 Å². The number of para-hydroxylation sites is 1. The Balaban J connectivity index is 1.48. The number of fused-ring (bicyclic) bond motifs is 1. The summed E-state index contributed by atoms with van der Waals surface area (Å²) in [5.41, 5.74) is 2.61. The highest BCUT2D eigenvalue weighted by atomic mass is 16.5. The Bertz CT molecular complexity index is 976. The summed E-state index contributed by atoms with van der Waals surface area (Å²) >= 11 is 0. The van der Waals surface area contributed by atoms with Crippen molar-refractivity contribution in [2.75, 3.05) is 20.8 Å². The van der Waals surface area contributed by atoms with E-state index in [-0.39, 0.29) is 24.8 Å². The highest BCUT2D eigenvalue weighted by Crippen LogP contribution is 2.25. The molecule has 0 aliphatic carbocycles. The Morgan fingerprint density at radius 1 is 1.04 bits per heavy atom. The van der Waals surface area contributed by atoms with Gasteiger partial charge >= 0.3 is 5.97 Å². The van der Waals surface area contributed by atoms with Crippen molar-refractivity contribution in [1.82, 2.24) is 4.98 Å². The molecule has 1 N–H and O–H groups in total. The second kappa shape index (κ2) is 9.08. The largest absolute Gasteiger partial charge is 0.497 e. The quantitative estimate of drug-likeness (QED) is 0.449. The molecular formula is C22H23NO5. The molecule has 0 aliphatic heterocycles. The number of ketones is 1. The van der Waals surface area contributed by atoms with Crippen LogP contribution >= 0.6 is 0 Å². The van der Waals surface area contributed by atoms with Gasteiger partial charge < -0.3 is 19.2 Å². The van der Waals surface area contributed by atoms with Crippen molar-refractivity contribution < 1.29 is 23.8 Å². The fraction of sp³-hybridized carbons (Fsp3) is 0.273. The summed E-state index contributed by atoms with van der Waals surface area (Å²) in [5.74, 6) is 0.271. The molecule has 0 unspecified atom stereocenters. The number of aryl methyl sites for hydroxylation is 1. The Morgan fingerprint density at radius 2 is 1.86 bits per heavy atom. The number of aromatic amines is 1. The first-order chi connectivity index (χ1) is 13.6. The van der Waals surface area contributed by atoms with Crippen molar-refractivity contribution >= 4 is 22.7 Å². The van der Waals surface area contributed by atoms with E-state index in [1.807, 2.05) is 24.4 Å². The number of carbonyl (C=O) groups excluding carboxylic acids is 2. The summed E-state index contributed by atoms with van der Waals surface area (Å²) in [7, 11) is 3.01. The number of methoxy groups -OCH3 is 2. The van der Waals surface area contributed by atoms with Crippen molar-refractivity contribution in [2.24, 2.45) is 0 Å². The molecule has 146 valence electrons. The van der Waals surface area contributed by atoms with Gasteiger partial charge in [0.2, 0.25) is 5.78 Å². The summed E-state index contributed by atoms with van der Waals surface area (Å²) in [5, 5.41) is 1.16. The zero-order valence-electron chi connectivity index (χ0n) is 16.0. The number of rotatable bonds is 9. The first kappa shape index (κ1) is 19.5. The van der Waals surface area contributed by atoms with E-state index in [1.165, 1.54) is 19.8 Å². The molecule has 0 saturated carbocycles. The van der Waals surface area contributed by atoms with Crippen molar-refractivity contribution in [3.8, 4) is 11.5 Å². The molecule has 0 spiro atoms. The van der Waals surface area contributed by atoms with Gasteiger partial charge in [0, 0.05) is 29.6 Å². The van der Waals surface area contributed by atoms with Gasteiger partial charge in [-0.2, -0.15) is 0 Å². The lowest BCUT2D eigenvalue weighted by atomic mass is 10.1. The number of ether oxygens (including phenoxy) is 3. The predicted octanol–water partition coefficient (Wildman–Crippen LogP) is 3.93. The molecule has 2 aromatic carbocycles. The van der Waals surface area contributed by atoms with Crippen LogP contribution in [0, 0.1) is 0 Å². The van der Waals surface area contributed by atoms with Crippen LogP contribution in [0.2, 0.25) is 0 Å². The smallest absolute Gasteiger partial charge is 0.306 e. The molecule has 1 heterocycles. The maximum absolute atomic E-state index is 12.3. The molecule has 0 radical (unpaired) electrons. The summed E-state index contributed by atoms with van der Waals surface area (Å²) < 4.78 is 15.5. The number of aromatic nitrogens is 1. The van der Waals surface area contributed by atoms with Gasteiger partial charge in [-0.1, -0.05) is 18.2 Å². The lowest BCUT2D eigenvalue weighted by molar-refractivity contribution is -0.142. The summed E-state index contributed by atoms with van der Waals surface area (Å²) in [6.45, 7) is -0.311. The molecule has 0 saturated heterocycles. The van der Waals surface area contributed by atoms with E-state index in [9.17, 15) is 9.59 Å². The molecule has 28 heavy (non-hydrogen) atoms. The highest BCUT2D eigenvalue weighted by Gasteiger charge is 2.15. The zero-order valence-corrected chi connectivity index (χ0v) is 16.0. The molecule has 0 aliphatic rings. The number of carbonyl (C=O) groups is 2. The zero-order chi connectivity index (χ0) is 19.9. The fourth-order valence-electron chi connectivity index (χ4n) is 3.09. The van der Waals surface area contributed by atoms with E-state index in [0.29, 0.717) is 23.5 Å². The third kappa shape index (κ3) is 4.52. The maximum atomic E-state index is 12.3. The minimum absolute atomic E-state index is 0.256. The van der Waals surface area contributed by atoms with Crippen LogP contribution in [-0.4, -0.2) is 37.6 Å².